The van der Waals surface area contributed by atoms with Gasteiger partial charge in [0.15, 0.2) is 0 Å². The van der Waals surface area contributed by atoms with Crippen molar-refractivity contribution in [1.82, 2.24) is 4.90 Å². The molecule has 5 heteroatoms. The summed E-state index contributed by atoms with van der Waals surface area (Å²) in [6.45, 7) is 19.9. The molecule has 4 rings (SSSR count). The lowest BCUT2D eigenvalue weighted by atomic mass is 9.47. The van der Waals surface area contributed by atoms with Crippen molar-refractivity contribution in [3.8, 4) is 0 Å². The second-order valence-corrected chi connectivity index (χ2v) is 21.1. The van der Waals surface area contributed by atoms with Crippen molar-refractivity contribution in [2.75, 3.05) is 60.3 Å². The van der Waals surface area contributed by atoms with E-state index >= 15 is 0 Å². The molecule has 4 aliphatic carbocycles. The average molecular weight is 824 g/mol. The van der Waals surface area contributed by atoms with Gasteiger partial charge in [-0.3, -0.25) is 0 Å². The molecule has 1 unspecified atom stereocenters. The molecule has 59 heavy (non-hydrogen) atoms. The molecule has 0 aliphatic heterocycles. The highest BCUT2D eigenvalue weighted by atomic mass is 16.6. The molecular weight excluding hydrogens is 727 g/mol. The van der Waals surface area contributed by atoms with E-state index in [9.17, 15) is 0 Å². The van der Waals surface area contributed by atoms with Crippen molar-refractivity contribution in [2.24, 2.45) is 46.3 Å². The van der Waals surface area contributed by atoms with E-state index in [1.807, 2.05) is 0 Å². The third-order valence-corrected chi connectivity index (χ3v) is 15.8. The molecule has 0 spiro atoms. The second-order valence-electron chi connectivity index (χ2n) is 21.1. The molecule has 0 radical (unpaired) electrons. The monoisotopic (exact) mass is 824 g/mol. The first-order valence-corrected chi connectivity index (χ1v) is 25.6. The van der Waals surface area contributed by atoms with Gasteiger partial charge in [-0.25, -0.2) is 0 Å². The van der Waals surface area contributed by atoms with Crippen LogP contribution in [0.4, 0.5) is 0 Å². The highest BCUT2D eigenvalue weighted by Crippen LogP contribution is 2.67. The molecule has 0 N–H and O–H groups in total. The third-order valence-electron chi connectivity index (χ3n) is 15.8. The van der Waals surface area contributed by atoms with Crippen LogP contribution in [0.2, 0.25) is 0 Å². The van der Waals surface area contributed by atoms with Crippen molar-refractivity contribution >= 4 is 0 Å². The molecule has 0 bridgehead atoms. The fraction of sp³-hybridized carbons (Fsp3) is 0.889. The molecule has 9 atom stereocenters. The molecular formula is C54H97NO4. The van der Waals surface area contributed by atoms with E-state index in [0.29, 0.717) is 50.0 Å². The van der Waals surface area contributed by atoms with E-state index in [0.717, 1.165) is 67.9 Å². The lowest BCUT2D eigenvalue weighted by Gasteiger charge is -2.58. The zero-order valence-electron chi connectivity index (χ0n) is 40.3. The number of unbranched alkanes of at least 4 members (excludes halogenated alkanes) is 9. The van der Waals surface area contributed by atoms with Gasteiger partial charge in [-0.05, 0) is 150 Å². The molecule has 0 aromatic rings. The molecule has 0 aromatic carbocycles. The molecule has 0 saturated heterocycles. The fourth-order valence-corrected chi connectivity index (χ4v) is 12.4. The van der Waals surface area contributed by atoms with E-state index in [1.165, 1.54) is 128 Å². The minimum atomic E-state index is 0.0745. The van der Waals surface area contributed by atoms with Gasteiger partial charge in [-0.2, -0.15) is 0 Å². The normalized spacial score (nSPS) is 29.3. The fourth-order valence-electron chi connectivity index (χ4n) is 12.4. The smallest absolute Gasteiger partial charge is 0.0935 e. The Balaban J connectivity index is 1.02. The molecule has 3 fully saturated rings. The zero-order valence-corrected chi connectivity index (χ0v) is 40.3. The Morgan fingerprint density at radius 1 is 0.729 bits per heavy atom. The Kier molecular flexibility index (Phi) is 24.0. The van der Waals surface area contributed by atoms with Crippen molar-refractivity contribution in [2.45, 2.75) is 201 Å². The standard InChI is InChI=1S/C54H97NO4/c1-9-10-11-12-13-14-15-16-17-18-19-20-21-22-23-24-36-57-43-48(42-55(7)8)59-40-38-56-37-39-58-47-32-34-53(5)46(41-47)28-29-49-51-31-30-50(45(4)27-25-26-44(2)3)54(51,6)35-33-52(49)53/h13-14,16-17,28,44-45,47-52H,9-12,15,18-27,29-43H2,1-8H3/t45-,47+,48?,49+,50-,51+,52+,53+,54-/m1/s1. The van der Waals surface area contributed by atoms with E-state index < -0.39 is 0 Å². The number of fused-ring (bicyclic) bond motifs is 5. The van der Waals surface area contributed by atoms with Crippen LogP contribution in [0, 0.1) is 46.3 Å². The SMILES string of the molecule is CCCCCC=CCC=CCCCCCCCCOCC(CN(C)C)OCCOCCO[C@H]1CC[C@@]2(C)C(=CC[C@H]3[C@@H]4CC[C@H]([C@H](C)CCCC(C)C)[C@@]4(C)CC[C@@H]32)C1. The summed E-state index contributed by atoms with van der Waals surface area (Å²) in [6.07, 6.45) is 42.8. The Bertz CT molecular complexity index is 1190. The Morgan fingerprint density at radius 3 is 2.20 bits per heavy atom. The van der Waals surface area contributed by atoms with Gasteiger partial charge in [0.2, 0.25) is 0 Å². The summed E-state index contributed by atoms with van der Waals surface area (Å²) in [7, 11) is 4.21. The summed E-state index contributed by atoms with van der Waals surface area (Å²) in [5.41, 5.74) is 2.67. The van der Waals surface area contributed by atoms with Crippen LogP contribution in [0.15, 0.2) is 36.0 Å². The first-order chi connectivity index (χ1) is 28.6. The molecule has 0 heterocycles. The predicted molar refractivity (Wildman–Crippen MR) is 252 cm³/mol. The van der Waals surface area contributed by atoms with Crippen LogP contribution in [-0.2, 0) is 18.9 Å². The van der Waals surface area contributed by atoms with Crippen molar-refractivity contribution < 1.29 is 18.9 Å². The Labute approximate surface area is 366 Å². The number of nitrogens with zero attached hydrogens (tertiary/aromatic N) is 1. The molecule has 0 aromatic heterocycles. The first-order valence-electron chi connectivity index (χ1n) is 25.6. The minimum absolute atomic E-state index is 0.0745. The molecule has 4 aliphatic rings. The van der Waals surface area contributed by atoms with Crippen LogP contribution < -0.4 is 0 Å². The van der Waals surface area contributed by atoms with E-state index in [2.05, 4.69) is 90.9 Å². The van der Waals surface area contributed by atoms with E-state index in [4.69, 9.17) is 18.9 Å². The van der Waals surface area contributed by atoms with Crippen LogP contribution in [0.3, 0.4) is 0 Å². The highest BCUT2D eigenvalue weighted by Gasteiger charge is 2.59. The van der Waals surface area contributed by atoms with E-state index in [1.54, 1.807) is 5.57 Å². The lowest BCUT2D eigenvalue weighted by molar-refractivity contribution is -0.0727. The van der Waals surface area contributed by atoms with Gasteiger partial charge >= 0.3 is 0 Å². The highest BCUT2D eigenvalue weighted by molar-refractivity contribution is 5.25. The summed E-state index contributed by atoms with van der Waals surface area (Å²) in [6, 6.07) is 0. The Morgan fingerprint density at radius 2 is 1.46 bits per heavy atom. The quantitative estimate of drug-likeness (QED) is 0.0499. The number of rotatable bonds is 32. The van der Waals surface area contributed by atoms with Gasteiger partial charge in [-0.15, -0.1) is 0 Å². The summed E-state index contributed by atoms with van der Waals surface area (Å²) in [4.78, 5) is 2.19. The van der Waals surface area contributed by atoms with Gasteiger partial charge in [0, 0.05) is 13.2 Å². The Hall–Kier alpha value is -0.980. The maximum atomic E-state index is 6.47. The number of hydrogen-bond acceptors (Lipinski definition) is 5. The summed E-state index contributed by atoms with van der Waals surface area (Å²) in [5, 5.41) is 0. The van der Waals surface area contributed by atoms with Crippen LogP contribution >= 0.6 is 0 Å². The number of hydrogen-bond donors (Lipinski definition) is 0. The maximum absolute atomic E-state index is 6.47. The average Bonchev–Trinajstić information content (AvgIpc) is 3.57. The van der Waals surface area contributed by atoms with Crippen molar-refractivity contribution in [3.05, 3.63) is 36.0 Å². The molecule has 3 saturated carbocycles. The number of allylic oxidation sites excluding steroid dienone is 5. The predicted octanol–water partition coefficient (Wildman–Crippen LogP) is 14.2. The number of ether oxygens (including phenoxy) is 4. The van der Waals surface area contributed by atoms with Crippen LogP contribution in [0.1, 0.15) is 189 Å². The summed E-state index contributed by atoms with van der Waals surface area (Å²) < 4.78 is 24.8. The number of likely N-dealkylation sites (N-methyl/N-ethyl adjacent to an activating group) is 1. The maximum Gasteiger partial charge on any atom is 0.0935 e. The van der Waals surface area contributed by atoms with Gasteiger partial charge in [0.05, 0.1) is 45.2 Å². The topological polar surface area (TPSA) is 40.2 Å². The minimum Gasteiger partial charge on any atom is -0.379 e. The lowest BCUT2D eigenvalue weighted by Crippen LogP contribution is -2.51. The third kappa shape index (κ3) is 16.9. The van der Waals surface area contributed by atoms with Gasteiger partial charge < -0.3 is 23.8 Å². The van der Waals surface area contributed by atoms with Crippen molar-refractivity contribution in [3.63, 3.8) is 0 Å². The largest absolute Gasteiger partial charge is 0.379 e. The van der Waals surface area contributed by atoms with Gasteiger partial charge in [0.1, 0.15) is 0 Å². The van der Waals surface area contributed by atoms with Crippen LogP contribution in [0.25, 0.3) is 0 Å². The summed E-state index contributed by atoms with van der Waals surface area (Å²) in [5.74, 6) is 5.36. The first kappa shape index (κ1) is 50.7. The summed E-state index contributed by atoms with van der Waals surface area (Å²) >= 11 is 0. The van der Waals surface area contributed by atoms with Gasteiger partial charge in [0.25, 0.3) is 0 Å². The molecule has 5 nitrogen and oxygen atoms in total. The van der Waals surface area contributed by atoms with Crippen molar-refractivity contribution in [1.29, 1.82) is 0 Å². The van der Waals surface area contributed by atoms with Crippen LogP contribution in [0.5, 0.6) is 0 Å². The zero-order chi connectivity index (χ0) is 42.4. The van der Waals surface area contributed by atoms with E-state index in [-0.39, 0.29) is 6.10 Å². The molecule has 0 amide bonds. The van der Waals surface area contributed by atoms with Gasteiger partial charge in [-0.1, -0.05) is 135 Å². The van der Waals surface area contributed by atoms with Crippen LogP contribution in [-0.4, -0.2) is 77.4 Å². The molecule has 342 valence electrons. The second kappa shape index (κ2) is 27.9.